The van der Waals surface area contributed by atoms with Gasteiger partial charge in [-0.15, -0.1) is 0 Å². The molecule has 2 rings (SSSR count). The van der Waals surface area contributed by atoms with Gasteiger partial charge in [0.25, 0.3) is 0 Å². The molecule has 2 saturated heterocycles. The Morgan fingerprint density at radius 3 is 2.64 bits per heavy atom. The Balaban J connectivity index is 1.73. The van der Waals surface area contributed by atoms with Gasteiger partial charge in [0.2, 0.25) is 0 Å². The Morgan fingerprint density at radius 2 is 1.95 bits per heavy atom. The van der Waals surface area contributed by atoms with Crippen molar-refractivity contribution >= 4 is 0 Å². The normalized spacial score (nSPS) is 27.1. The zero-order chi connectivity index (χ0) is 15.8. The molecule has 0 radical (unpaired) electrons. The van der Waals surface area contributed by atoms with Crippen LogP contribution < -0.4 is 5.32 Å². The highest BCUT2D eigenvalue weighted by molar-refractivity contribution is 5.12. The van der Waals surface area contributed by atoms with E-state index >= 15 is 0 Å². The fourth-order valence-electron chi connectivity index (χ4n) is 3.29. The lowest BCUT2D eigenvalue weighted by Crippen LogP contribution is -2.26. The Hall–Kier alpha value is -0.380. The largest absolute Gasteiger partial charge is 0.304 e. The van der Waals surface area contributed by atoms with Gasteiger partial charge in [-0.05, 0) is 31.6 Å². The predicted octanol–water partition coefficient (Wildman–Crippen LogP) is 4.30. The maximum absolute atomic E-state index is 6.20. The minimum Gasteiger partial charge on any atom is -0.304 e. The summed E-state index contributed by atoms with van der Waals surface area (Å²) >= 11 is 0. The molecule has 3 atom stereocenters. The van der Waals surface area contributed by atoms with Crippen LogP contribution in [-0.2, 0) is 4.84 Å². The molecule has 0 aliphatic carbocycles. The second-order valence-corrected chi connectivity index (χ2v) is 7.44. The molecule has 2 aliphatic rings. The zero-order valence-corrected chi connectivity index (χ0v) is 14.9. The highest BCUT2D eigenvalue weighted by Crippen LogP contribution is 2.22. The third-order valence-corrected chi connectivity index (χ3v) is 4.68. The third kappa shape index (κ3) is 6.80. The van der Waals surface area contributed by atoms with Crippen LogP contribution in [0.25, 0.3) is 0 Å². The van der Waals surface area contributed by atoms with Gasteiger partial charge in [-0.2, -0.15) is 5.06 Å². The van der Waals surface area contributed by atoms with Crippen LogP contribution in [0.1, 0.15) is 72.1 Å². The van der Waals surface area contributed by atoms with Gasteiger partial charge in [-0.3, -0.25) is 4.84 Å². The average Bonchev–Trinajstić information content (AvgIpc) is 2.99. The van der Waals surface area contributed by atoms with Gasteiger partial charge < -0.3 is 5.32 Å². The van der Waals surface area contributed by atoms with Crippen molar-refractivity contribution in [1.82, 2.24) is 10.4 Å². The molecule has 0 aromatic heterocycles. The molecule has 128 valence electrons. The Bertz CT molecular complexity index is 323. The SMILES string of the molecule is CCCCCC[C@H](C=C[C@@H]1N[C@H]1CC(C)C)ON1CCCC1. The van der Waals surface area contributed by atoms with E-state index in [9.17, 15) is 0 Å². The van der Waals surface area contributed by atoms with Gasteiger partial charge in [-0.25, -0.2) is 0 Å². The van der Waals surface area contributed by atoms with Crippen LogP contribution in [0.4, 0.5) is 0 Å². The minimum absolute atomic E-state index is 0.275. The molecule has 2 aliphatic heterocycles. The summed E-state index contributed by atoms with van der Waals surface area (Å²) in [5.41, 5.74) is 0. The standard InChI is InChI=1S/C19H36N2O/c1-4-5-6-7-10-17(22-21-13-8-9-14-21)11-12-18-19(20-18)15-16(2)3/h11-12,16-20H,4-10,13-15H2,1-3H3/t17-,18+,19+/m1/s1. The smallest absolute Gasteiger partial charge is 0.0974 e. The number of nitrogens with zero attached hydrogens (tertiary/aromatic N) is 1. The van der Waals surface area contributed by atoms with Crippen LogP contribution in [0.3, 0.4) is 0 Å². The van der Waals surface area contributed by atoms with E-state index in [0.717, 1.165) is 25.4 Å². The van der Waals surface area contributed by atoms with Crippen LogP contribution in [0.2, 0.25) is 0 Å². The van der Waals surface area contributed by atoms with Gasteiger partial charge in [-0.1, -0.05) is 58.6 Å². The van der Waals surface area contributed by atoms with Crippen molar-refractivity contribution in [3.05, 3.63) is 12.2 Å². The van der Waals surface area contributed by atoms with Gasteiger partial charge in [0.1, 0.15) is 0 Å². The summed E-state index contributed by atoms with van der Waals surface area (Å²) < 4.78 is 0. The van der Waals surface area contributed by atoms with Crippen LogP contribution in [0, 0.1) is 5.92 Å². The van der Waals surface area contributed by atoms with Crippen molar-refractivity contribution in [3.63, 3.8) is 0 Å². The molecule has 2 heterocycles. The van der Waals surface area contributed by atoms with Crippen molar-refractivity contribution in [1.29, 1.82) is 0 Å². The second-order valence-electron chi connectivity index (χ2n) is 7.44. The van der Waals surface area contributed by atoms with Crippen LogP contribution in [0.5, 0.6) is 0 Å². The van der Waals surface area contributed by atoms with Crippen LogP contribution >= 0.6 is 0 Å². The molecule has 0 unspecified atom stereocenters. The van der Waals surface area contributed by atoms with Crippen molar-refractivity contribution in [3.8, 4) is 0 Å². The van der Waals surface area contributed by atoms with E-state index in [2.05, 4.69) is 43.3 Å². The molecule has 1 N–H and O–H groups in total. The molecule has 0 amide bonds. The summed E-state index contributed by atoms with van der Waals surface area (Å²) in [5.74, 6) is 0.779. The monoisotopic (exact) mass is 308 g/mol. The zero-order valence-electron chi connectivity index (χ0n) is 14.9. The number of hydrogen-bond acceptors (Lipinski definition) is 3. The first-order chi connectivity index (χ1) is 10.7. The quantitative estimate of drug-likeness (QED) is 0.351. The molecule has 0 spiro atoms. The van der Waals surface area contributed by atoms with E-state index in [4.69, 9.17) is 4.84 Å². The molecule has 0 bridgehead atoms. The van der Waals surface area contributed by atoms with Crippen molar-refractivity contribution in [2.24, 2.45) is 5.92 Å². The number of hydroxylamine groups is 2. The van der Waals surface area contributed by atoms with Crippen LogP contribution in [0.15, 0.2) is 12.2 Å². The van der Waals surface area contributed by atoms with Gasteiger partial charge in [0.05, 0.1) is 6.10 Å². The van der Waals surface area contributed by atoms with Crippen molar-refractivity contribution in [2.75, 3.05) is 13.1 Å². The van der Waals surface area contributed by atoms with E-state index in [0.29, 0.717) is 12.1 Å². The topological polar surface area (TPSA) is 34.4 Å². The van der Waals surface area contributed by atoms with E-state index in [-0.39, 0.29) is 6.10 Å². The van der Waals surface area contributed by atoms with Gasteiger partial charge in [0.15, 0.2) is 0 Å². The third-order valence-electron chi connectivity index (χ3n) is 4.68. The van der Waals surface area contributed by atoms with Gasteiger partial charge in [0, 0.05) is 25.2 Å². The fourth-order valence-corrected chi connectivity index (χ4v) is 3.29. The molecule has 0 aromatic carbocycles. The molecule has 2 fully saturated rings. The average molecular weight is 309 g/mol. The first-order valence-corrected chi connectivity index (χ1v) is 9.55. The lowest BCUT2D eigenvalue weighted by molar-refractivity contribution is -0.171. The predicted molar refractivity (Wildman–Crippen MR) is 93.7 cm³/mol. The molecular weight excluding hydrogens is 272 g/mol. The summed E-state index contributed by atoms with van der Waals surface area (Å²) in [7, 11) is 0. The summed E-state index contributed by atoms with van der Waals surface area (Å²) in [4.78, 5) is 6.20. The summed E-state index contributed by atoms with van der Waals surface area (Å²) in [6.07, 6.45) is 15.2. The van der Waals surface area contributed by atoms with E-state index < -0.39 is 0 Å². The van der Waals surface area contributed by atoms with E-state index in [1.807, 2.05) is 0 Å². The minimum atomic E-state index is 0.275. The highest BCUT2D eigenvalue weighted by atomic mass is 16.7. The highest BCUT2D eigenvalue weighted by Gasteiger charge is 2.33. The van der Waals surface area contributed by atoms with Crippen LogP contribution in [-0.4, -0.2) is 36.3 Å². The second kappa shape index (κ2) is 9.69. The maximum Gasteiger partial charge on any atom is 0.0974 e. The summed E-state index contributed by atoms with van der Waals surface area (Å²) in [6, 6.07) is 1.28. The molecule has 0 aromatic rings. The Labute approximate surface area is 137 Å². The van der Waals surface area contributed by atoms with E-state index in [1.165, 1.54) is 44.9 Å². The first kappa shape index (κ1) is 18.0. The van der Waals surface area contributed by atoms with E-state index in [1.54, 1.807) is 0 Å². The summed E-state index contributed by atoms with van der Waals surface area (Å²) in [5, 5.41) is 5.75. The first-order valence-electron chi connectivity index (χ1n) is 9.55. The number of unbranched alkanes of at least 4 members (excludes halogenated alkanes) is 3. The lowest BCUT2D eigenvalue weighted by atomic mass is 10.1. The summed E-state index contributed by atoms with van der Waals surface area (Å²) in [6.45, 7) is 9.08. The van der Waals surface area contributed by atoms with Crippen molar-refractivity contribution in [2.45, 2.75) is 90.3 Å². The van der Waals surface area contributed by atoms with Gasteiger partial charge >= 0.3 is 0 Å². The number of rotatable bonds is 11. The Kier molecular flexibility index (Phi) is 7.91. The molecule has 3 nitrogen and oxygen atoms in total. The molecular formula is C19H36N2O. The molecule has 3 heteroatoms. The molecule has 0 saturated carbocycles. The number of nitrogens with one attached hydrogen (secondary N) is 1. The molecule has 22 heavy (non-hydrogen) atoms. The maximum atomic E-state index is 6.20. The Morgan fingerprint density at radius 1 is 1.18 bits per heavy atom. The van der Waals surface area contributed by atoms with Crippen molar-refractivity contribution < 1.29 is 4.84 Å². The fraction of sp³-hybridized carbons (Fsp3) is 0.895. The number of hydrogen-bond donors (Lipinski definition) is 1. The lowest BCUT2D eigenvalue weighted by Gasteiger charge is -2.21.